The molecule has 3 aliphatic heterocycles. The second-order valence-electron chi connectivity index (χ2n) is 8.02. The molecule has 0 aliphatic carbocycles. The fourth-order valence-corrected chi connectivity index (χ4v) is 5.36. The van der Waals surface area contributed by atoms with Gasteiger partial charge in [-0.3, -0.25) is 4.79 Å². The Hall–Kier alpha value is -2.29. The summed E-state index contributed by atoms with van der Waals surface area (Å²) in [6, 6.07) is 7.01. The third-order valence-electron chi connectivity index (χ3n) is 5.98. The van der Waals surface area contributed by atoms with Crippen LogP contribution >= 0.6 is 23.4 Å². The van der Waals surface area contributed by atoms with E-state index in [1.54, 1.807) is 6.07 Å². The lowest BCUT2D eigenvalue weighted by atomic mass is 9.93. The average Bonchev–Trinajstić information content (AvgIpc) is 3.19. The number of benzene rings is 1. The van der Waals surface area contributed by atoms with E-state index in [0.717, 1.165) is 42.6 Å². The van der Waals surface area contributed by atoms with E-state index < -0.39 is 12.0 Å². The summed E-state index contributed by atoms with van der Waals surface area (Å²) in [5, 5.41) is 3.32. The number of rotatable bonds is 5. The molecule has 1 aromatic rings. The summed E-state index contributed by atoms with van der Waals surface area (Å²) >= 11 is 7.79. The van der Waals surface area contributed by atoms with Crippen molar-refractivity contribution in [2.24, 2.45) is 4.99 Å². The van der Waals surface area contributed by atoms with Crippen molar-refractivity contribution in [2.75, 3.05) is 40.3 Å². The Morgan fingerprint density at radius 3 is 2.66 bits per heavy atom. The molecule has 1 unspecified atom stereocenters. The third-order valence-corrected chi connectivity index (χ3v) is 7.11. The second-order valence-corrected chi connectivity index (χ2v) is 9.29. The first kappa shape index (κ1) is 22.9. The average molecular weight is 475 g/mol. The second kappa shape index (κ2) is 9.68. The highest BCUT2D eigenvalue weighted by atomic mass is 35.5. The van der Waals surface area contributed by atoms with Gasteiger partial charge in [0, 0.05) is 36.9 Å². The Kier molecular flexibility index (Phi) is 6.93. The summed E-state index contributed by atoms with van der Waals surface area (Å²) in [5.41, 5.74) is 2.87. The number of carbonyl (C=O) groups is 2. The predicted molar refractivity (Wildman–Crippen MR) is 127 cm³/mol. The van der Waals surface area contributed by atoms with Gasteiger partial charge in [0.1, 0.15) is 0 Å². The van der Waals surface area contributed by atoms with Gasteiger partial charge in [0.2, 0.25) is 5.91 Å². The normalized spacial score (nSPS) is 21.3. The Bertz CT molecular complexity index is 1010. The van der Waals surface area contributed by atoms with Crippen LogP contribution in [0.3, 0.4) is 0 Å². The summed E-state index contributed by atoms with van der Waals surface area (Å²) in [6.45, 7) is 5.16. The molecule has 32 heavy (non-hydrogen) atoms. The molecule has 1 aromatic carbocycles. The van der Waals surface area contributed by atoms with E-state index >= 15 is 0 Å². The zero-order chi connectivity index (χ0) is 22.8. The molecule has 3 aliphatic rings. The number of hydrogen-bond donors (Lipinski definition) is 0. The first-order chi connectivity index (χ1) is 15.4. The number of aliphatic imine (C=N–C) groups is 1. The van der Waals surface area contributed by atoms with E-state index in [0.29, 0.717) is 22.7 Å². The number of hydrogen-bond acceptors (Lipinski definition) is 7. The van der Waals surface area contributed by atoms with E-state index in [1.807, 2.05) is 40.3 Å². The smallest absolute Gasteiger partial charge is 0.338 e. The van der Waals surface area contributed by atoms with Crippen molar-refractivity contribution < 1.29 is 14.3 Å². The number of amides is 1. The van der Waals surface area contributed by atoms with Crippen LogP contribution in [0.5, 0.6) is 0 Å². The molecule has 0 N–H and O–H groups in total. The summed E-state index contributed by atoms with van der Waals surface area (Å²) < 4.78 is 5.14. The van der Waals surface area contributed by atoms with Crippen LogP contribution in [0.25, 0.3) is 0 Å². The van der Waals surface area contributed by atoms with E-state index in [1.165, 1.54) is 18.9 Å². The number of carbonyl (C=O) groups excluding carboxylic acids is 2. The number of ether oxygens (including phenoxy) is 1. The lowest BCUT2D eigenvalue weighted by molar-refractivity contribution is -0.136. The monoisotopic (exact) mass is 474 g/mol. The highest BCUT2D eigenvalue weighted by Crippen LogP contribution is 2.45. The Morgan fingerprint density at radius 1 is 1.25 bits per heavy atom. The fourth-order valence-electron chi connectivity index (χ4n) is 4.23. The van der Waals surface area contributed by atoms with E-state index in [-0.39, 0.29) is 12.3 Å². The minimum Gasteiger partial charge on any atom is -0.466 e. The molecule has 1 saturated heterocycles. The maximum absolute atomic E-state index is 13.1. The maximum Gasteiger partial charge on any atom is 0.338 e. The van der Waals surface area contributed by atoms with Crippen molar-refractivity contribution in [1.82, 2.24) is 14.7 Å². The molecular weight excluding hydrogens is 448 g/mol. The van der Waals surface area contributed by atoms with Gasteiger partial charge in [0.15, 0.2) is 5.17 Å². The number of allylic oxidation sites excluding steroid dienone is 1. The molecule has 1 amide bonds. The number of fused-ring (bicyclic) bond motifs is 1. The Labute approximate surface area is 197 Å². The van der Waals surface area contributed by atoms with E-state index in [2.05, 4.69) is 11.9 Å². The van der Waals surface area contributed by atoms with Crippen LogP contribution in [0, 0.1) is 0 Å². The van der Waals surface area contributed by atoms with Crippen LogP contribution in [-0.4, -0.2) is 72.1 Å². The number of esters is 1. The Morgan fingerprint density at radius 2 is 2.00 bits per heavy atom. The van der Waals surface area contributed by atoms with Gasteiger partial charge in [-0.05, 0) is 36.6 Å². The lowest BCUT2D eigenvalue weighted by Crippen LogP contribution is -2.47. The van der Waals surface area contributed by atoms with Gasteiger partial charge in [-0.25, -0.2) is 9.79 Å². The number of thioether (sulfide) groups is 1. The topological polar surface area (TPSA) is 65.5 Å². The van der Waals surface area contributed by atoms with Gasteiger partial charge in [-0.15, -0.1) is 0 Å². The number of likely N-dealkylation sites (N-methyl/N-ethyl adjacent to an activating group) is 1. The highest BCUT2D eigenvalue weighted by Gasteiger charge is 2.41. The number of amidine groups is 1. The molecule has 1 fully saturated rings. The van der Waals surface area contributed by atoms with Gasteiger partial charge >= 0.3 is 5.97 Å². The minimum atomic E-state index is -0.454. The standard InChI is InChI=1S/C23H27ClN4O3S/c1-4-18-20(22(30)31-3)21(15-6-5-7-16(24)12-15)28-17(14-32-23(28)25-18)13-19(29)27-10-8-26(2)9-11-27/h5-7,12,14,21H,4,8-11,13H2,1-3H3. The molecule has 0 radical (unpaired) electrons. The van der Waals surface area contributed by atoms with Crippen molar-refractivity contribution >= 4 is 40.4 Å². The van der Waals surface area contributed by atoms with Crippen LogP contribution in [0.15, 0.2) is 51.6 Å². The van der Waals surface area contributed by atoms with Gasteiger partial charge < -0.3 is 19.4 Å². The van der Waals surface area contributed by atoms with Gasteiger partial charge in [0.25, 0.3) is 0 Å². The molecule has 4 rings (SSSR count). The van der Waals surface area contributed by atoms with Crippen LogP contribution in [0.2, 0.25) is 5.02 Å². The third kappa shape index (κ3) is 4.44. The molecule has 0 bridgehead atoms. The van der Waals surface area contributed by atoms with Gasteiger partial charge in [-0.2, -0.15) is 0 Å². The molecule has 0 aromatic heterocycles. The zero-order valence-corrected chi connectivity index (χ0v) is 20.1. The number of nitrogens with zero attached hydrogens (tertiary/aromatic N) is 4. The van der Waals surface area contributed by atoms with Gasteiger partial charge in [-0.1, -0.05) is 42.4 Å². The molecule has 0 saturated carbocycles. The summed E-state index contributed by atoms with van der Waals surface area (Å²) in [4.78, 5) is 36.9. The van der Waals surface area contributed by atoms with Crippen molar-refractivity contribution in [3.8, 4) is 0 Å². The number of methoxy groups -OCH3 is 1. The highest BCUT2D eigenvalue weighted by molar-refractivity contribution is 8.16. The first-order valence-corrected chi connectivity index (χ1v) is 12.0. The van der Waals surface area contributed by atoms with Crippen LogP contribution < -0.4 is 0 Å². The van der Waals surface area contributed by atoms with Crippen LogP contribution in [0.4, 0.5) is 0 Å². The number of halogens is 1. The fraction of sp³-hybridized carbons (Fsp3) is 0.435. The maximum atomic E-state index is 13.1. The SMILES string of the molecule is CCC1=C(C(=O)OC)C(c2cccc(Cl)c2)N2C(CC(=O)N3CCN(C)CC3)=CSC2=N1. The van der Waals surface area contributed by atoms with Crippen LogP contribution in [-0.2, 0) is 14.3 Å². The van der Waals surface area contributed by atoms with Crippen molar-refractivity contribution in [3.63, 3.8) is 0 Å². The van der Waals surface area contributed by atoms with E-state index in [9.17, 15) is 9.59 Å². The molecule has 170 valence electrons. The molecular formula is C23H27ClN4O3S. The predicted octanol–water partition coefficient (Wildman–Crippen LogP) is 3.64. The molecule has 0 spiro atoms. The molecule has 3 heterocycles. The Balaban J connectivity index is 1.69. The summed E-state index contributed by atoms with van der Waals surface area (Å²) in [5.74, 6) is -0.336. The van der Waals surface area contributed by atoms with E-state index in [4.69, 9.17) is 21.3 Å². The van der Waals surface area contributed by atoms with Crippen LogP contribution in [0.1, 0.15) is 31.4 Å². The minimum absolute atomic E-state index is 0.0842. The molecule has 7 nitrogen and oxygen atoms in total. The number of piperazine rings is 1. The quantitative estimate of drug-likeness (QED) is 0.607. The van der Waals surface area contributed by atoms with Crippen molar-refractivity contribution in [2.45, 2.75) is 25.8 Å². The zero-order valence-electron chi connectivity index (χ0n) is 18.5. The van der Waals surface area contributed by atoms with Crippen molar-refractivity contribution in [1.29, 1.82) is 0 Å². The first-order valence-electron chi connectivity index (χ1n) is 10.7. The molecule has 9 heteroatoms. The lowest BCUT2D eigenvalue weighted by Gasteiger charge is -2.37. The van der Waals surface area contributed by atoms with Crippen molar-refractivity contribution in [3.05, 3.63) is 57.2 Å². The summed E-state index contributed by atoms with van der Waals surface area (Å²) in [6.07, 6.45) is 0.845. The molecule has 1 atom stereocenters. The summed E-state index contributed by atoms with van der Waals surface area (Å²) in [7, 11) is 3.44. The van der Waals surface area contributed by atoms with Gasteiger partial charge in [0.05, 0.1) is 30.8 Å². The largest absolute Gasteiger partial charge is 0.466 e.